The minimum atomic E-state index is 0.0450. The molecule has 1 saturated carbocycles. The number of anilines is 1. The molecular formula is C22H24N6O2. The van der Waals surface area contributed by atoms with Gasteiger partial charge in [0.25, 0.3) is 5.91 Å². The number of carbonyl (C=O) groups excluding carboxylic acids is 1. The summed E-state index contributed by atoms with van der Waals surface area (Å²) in [5.41, 5.74) is 3.62. The van der Waals surface area contributed by atoms with Crippen LogP contribution in [0.3, 0.4) is 0 Å². The Morgan fingerprint density at radius 2 is 1.77 bits per heavy atom. The lowest BCUT2D eigenvalue weighted by Crippen LogP contribution is -2.49. The van der Waals surface area contributed by atoms with Gasteiger partial charge in [-0.1, -0.05) is 17.3 Å². The number of amides is 1. The quantitative estimate of drug-likeness (QED) is 0.660. The normalized spacial score (nSPS) is 16.7. The Bertz CT molecular complexity index is 1070. The fraction of sp³-hybridized carbons (Fsp3) is 0.409. The molecule has 0 N–H and O–H groups in total. The summed E-state index contributed by atoms with van der Waals surface area (Å²) in [5, 5.41) is 4.07. The molecule has 1 saturated heterocycles. The lowest BCUT2D eigenvalue weighted by atomic mass is 10.1. The number of hydrogen-bond acceptors (Lipinski definition) is 7. The van der Waals surface area contributed by atoms with Crippen LogP contribution in [0.2, 0.25) is 0 Å². The number of rotatable bonds is 4. The Labute approximate surface area is 174 Å². The van der Waals surface area contributed by atoms with Crippen molar-refractivity contribution in [3.63, 3.8) is 0 Å². The molecule has 2 fully saturated rings. The molecule has 3 heterocycles. The molecule has 0 bridgehead atoms. The van der Waals surface area contributed by atoms with Crippen LogP contribution in [-0.2, 0) is 0 Å². The van der Waals surface area contributed by atoms with Crippen LogP contribution in [0.25, 0.3) is 11.4 Å². The fourth-order valence-corrected chi connectivity index (χ4v) is 3.76. The van der Waals surface area contributed by atoms with Gasteiger partial charge in [-0.05, 0) is 38.8 Å². The second-order valence-corrected chi connectivity index (χ2v) is 7.99. The monoisotopic (exact) mass is 404 g/mol. The van der Waals surface area contributed by atoms with E-state index in [1.165, 1.54) is 0 Å². The second kappa shape index (κ2) is 7.51. The molecule has 0 atom stereocenters. The van der Waals surface area contributed by atoms with Gasteiger partial charge >= 0.3 is 0 Å². The molecular weight excluding hydrogens is 380 g/mol. The van der Waals surface area contributed by atoms with Crippen molar-refractivity contribution >= 4 is 11.7 Å². The van der Waals surface area contributed by atoms with E-state index in [1.54, 1.807) is 6.33 Å². The van der Waals surface area contributed by atoms with E-state index in [-0.39, 0.29) is 5.91 Å². The summed E-state index contributed by atoms with van der Waals surface area (Å²) in [6.45, 7) is 6.88. The molecule has 1 amide bonds. The van der Waals surface area contributed by atoms with Crippen molar-refractivity contribution < 1.29 is 9.32 Å². The van der Waals surface area contributed by atoms with E-state index in [1.807, 2.05) is 43.0 Å². The topological polar surface area (TPSA) is 88.3 Å². The predicted molar refractivity (Wildman–Crippen MR) is 111 cm³/mol. The van der Waals surface area contributed by atoms with Crippen molar-refractivity contribution in [1.29, 1.82) is 0 Å². The summed E-state index contributed by atoms with van der Waals surface area (Å²) in [5.74, 6) is 2.74. The molecule has 0 radical (unpaired) electrons. The third kappa shape index (κ3) is 3.53. The number of carbonyl (C=O) groups is 1. The number of benzene rings is 1. The van der Waals surface area contributed by atoms with Crippen LogP contribution < -0.4 is 4.90 Å². The van der Waals surface area contributed by atoms with Crippen LogP contribution >= 0.6 is 0 Å². The van der Waals surface area contributed by atoms with Gasteiger partial charge in [0, 0.05) is 54.5 Å². The first-order valence-electron chi connectivity index (χ1n) is 10.4. The maximum atomic E-state index is 12.9. The minimum Gasteiger partial charge on any atom is -0.353 e. The maximum absolute atomic E-state index is 12.9. The lowest BCUT2D eigenvalue weighted by Gasteiger charge is -2.36. The molecule has 1 aromatic carbocycles. The van der Waals surface area contributed by atoms with Crippen LogP contribution in [0.4, 0.5) is 5.82 Å². The maximum Gasteiger partial charge on any atom is 0.253 e. The highest BCUT2D eigenvalue weighted by Gasteiger charge is 2.30. The molecule has 30 heavy (non-hydrogen) atoms. The number of aryl methyl sites for hydroxylation is 1. The summed E-state index contributed by atoms with van der Waals surface area (Å²) in [6, 6.07) is 7.46. The van der Waals surface area contributed by atoms with Gasteiger partial charge in [0.15, 0.2) is 0 Å². The molecule has 154 valence electrons. The molecule has 2 aromatic heterocycles. The standard InChI is InChI=1S/C22H24N6O2/c1-14-15(2)23-13-24-20(14)27-9-11-28(12-10-27)22(29)18-7-3-16(4-8-18)19-25-21(30-26-19)17-5-6-17/h3-4,7-8,13,17H,5-6,9-12H2,1-2H3. The largest absolute Gasteiger partial charge is 0.353 e. The summed E-state index contributed by atoms with van der Waals surface area (Å²) in [7, 11) is 0. The van der Waals surface area contributed by atoms with Gasteiger partial charge in [-0.15, -0.1) is 0 Å². The first-order chi connectivity index (χ1) is 14.6. The summed E-state index contributed by atoms with van der Waals surface area (Å²) in [6.07, 6.45) is 3.85. The van der Waals surface area contributed by atoms with Gasteiger partial charge in [-0.3, -0.25) is 4.79 Å². The van der Waals surface area contributed by atoms with Crippen molar-refractivity contribution in [2.24, 2.45) is 0 Å². The first-order valence-corrected chi connectivity index (χ1v) is 10.4. The van der Waals surface area contributed by atoms with Crippen molar-refractivity contribution in [3.8, 4) is 11.4 Å². The Balaban J connectivity index is 1.23. The van der Waals surface area contributed by atoms with Gasteiger partial charge in [0.2, 0.25) is 11.7 Å². The molecule has 0 unspecified atom stereocenters. The molecule has 8 heteroatoms. The summed E-state index contributed by atoms with van der Waals surface area (Å²) >= 11 is 0. The second-order valence-electron chi connectivity index (χ2n) is 7.99. The highest BCUT2D eigenvalue weighted by Crippen LogP contribution is 2.39. The number of aromatic nitrogens is 4. The Hall–Kier alpha value is -3.29. The van der Waals surface area contributed by atoms with Crippen LogP contribution in [-0.4, -0.2) is 57.1 Å². The van der Waals surface area contributed by atoms with Crippen molar-refractivity contribution in [2.45, 2.75) is 32.6 Å². The van der Waals surface area contributed by atoms with E-state index in [0.29, 0.717) is 30.4 Å². The lowest BCUT2D eigenvalue weighted by molar-refractivity contribution is 0.0746. The molecule has 5 rings (SSSR count). The van der Waals surface area contributed by atoms with Gasteiger partial charge in [0.1, 0.15) is 12.1 Å². The van der Waals surface area contributed by atoms with Crippen molar-refractivity contribution in [2.75, 3.05) is 31.1 Å². The van der Waals surface area contributed by atoms with Crippen molar-refractivity contribution in [1.82, 2.24) is 25.0 Å². The SMILES string of the molecule is Cc1ncnc(N2CCN(C(=O)c3ccc(-c4noc(C5CC5)n4)cc3)CC2)c1C. The average Bonchev–Trinajstić information content (AvgIpc) is 3.52. The first kappa shape index (κ1) is 18.7. The predicted octanol–water partition coefficient (Wildman–Crippen LogP) is 2.98. The van der Waals surface area contributed by atoms with E-state index >= 15 is 0 Å². The highest BCUT2D eigenvalue weighted by molar-refractivity contribution is 5.94. The van der Waals surface area contributed by atoms with Gasteiger partial charge in [-0.25, -0.2) is 9.97 Å². The molecule has 1 aliphatic carbocycles. The van der Waals surface area contributed by atoms with Crippen LogP contribution in [0.1, 0.15) is 46.3 Å². The van der Waals surface area contributed by atoms with Gasteiger partial charge < -0.3 is 14.3 Å². The average molecular weight is 404 g/mol. The van der Waals surface area contributed by atoms with Gasteiger partial charge in [0.05, 0.1) is 0 Å². The number of piperazine rings is 1. The molecule has 1 aliphatic heterocycles. The highest BCUT2D eigenvalue weighted by atomic mass is 16.5. The zero-order chi connectivity index (χ0) is 20.7. The molecule has 0 spiro atoms. The van der Waals surface area contributed by atoms with E-state index in [0.717, 1.165) is 54.5 Å². The molecule has 3 aromatic rings. The summed E-state index contributed by atoms with van der Waals surface area (Å²) in [4.78, 5) is 30.2. The molecule has 8 nitrogen and oxygen atoms in total. The summed E-state index contributed by atoms with van der Waals surface area (Å²) < 4.78 is 5.33. The third-order valence-electron chi connectivity index (χ3n) is 5.93. The zero-order valence-electron chi connectivity index (χ0n) is 17.2. The Morgan fingerprint density at radius 1 is 1.03 bits per heavy atom. The van der Waals surface area contributed by atoms with Crippen molar-refractivity contribution in [3.05, 3.63) is 53.3 Å². The van der Waals surface area contributed by atoms with E-state index in [4.69, 9.17) is 4.52 Å². The zero-order valence-corrected chi connectivity index (χ0v) is 17.2. The Morgan fingerprint density at radius 3 is 2.47 bits per heavy atom. The molecule has 2 aliphatic rings. The van der Waals surface area contributed by atoms with E-state index < -0.39 is 0 Å². The smallest absolute Gasteiger partial charge is 0.253 e. The minimum absolute atomic E-state index is 0.0450. The van der Waals surface area contributed by atoms with Crippen LogP contribution in [0, 0.1) is 13.8 Å². The Kier molecular flexibility index (Phi) is 4.69. The number of nitrogens with zero attached hydrogens (tertiary/aromatic N) is 6. The fourth-order valence-electron chi connectivity index (χ4n) is 3.76. The van der Waals surface area contributed by atoms with E-state index in [9.17, 15) is 4.79 Å². The third-order valence-corrected chi connectivity index (χ3v) is 5.93. The van der Waals surface area contributed by atoms with E-state index in [2.05, 4.69) is 25.0 Å². The van der Waals surface area contributed by atoms with Gasteiger partial charge in [-0.2, -0.15) is 4.98 Å². The van der Waals surface area contributed by atoms with Crippen LogP contribution in [0.15, 0.2) is 35.1 Å². The van der Waals surface area contributed by atoms with Crippen LogP contribution in [0.5, 0.6) is 0 Å². The number of hydrogen-bond donors (Lipinski definition) is 0.